The van der Waals surface area contributed by atoms with Crippen molar-refractivity contribution in [3.63, 3.8) is 0 Å². The van der Waals surface area contributed by atoms with E-state index in [2.05, 4.69) is 36.3 Å². The number of nitrogens with one attached hydrogen (secondary N) is 2. The maximum Gasteiger partial charge on any atom is 0.338 e. The molecule has 2 unspecified atom stereocenters. The number of amides is 2. The lowest BCUT2D eigenvalue weighted by molar-refractivity contribution is -0.459. The Balaban J connectivity index is 4.44. The zero-order valence-corrected chi connectivity index (χ0v) is 34.4. The predicted octanol–water partition coefficient (Wildman–Crippen LogP) is 7.24. The highest BCUT2D eigenvalue weighted by atomic mass is 16.2. The van der Waals surface area contributed by atoms with Crippen LogP contribution in [0, 0.1) is 0 Å². The van der Waals surface area contributed by atoms with Crippen molar-refractivity contribution in [3.8, 4) is 0 Å². The summed E-state index contributed by atoms with van der Waals surface area (Å²) in [7, 11) is 0. The van der Waals surface area contributed by atoms with E-state index in [1.807, 2.05) is 4.90 Å². The van der Waals surface area contributed by atoms with Crippen molar-refractivity contribution in [3.05, 3.63) is 12.2 Å². The third-order valence-corrected chi connectivity index (χ3v) is 10.2. The Morgan fingerprint density at radius 1 is 0.558 bits per heavy atom. The number of unbranched alkanes of at least 4 members (excludes halogenated alkanes) is 25. The summed E-state index contributed by atoms with van der Waals surface area (Å²) in [5.74, 6) is -0.215. The van der Waals surface area contributed by atoms with Crippen LogP contribution in [0.15, 0.2) is 12.2 Å². The fourth-order valence-electron chi connectivity index (χ4n) is 6.73. The van der Waals surface area contributed by atoms with Gasteiger partial charge in [-0.25, -0.2) is 0 Å². The molecule has 0 aliphatic rings. The first-order valence-electron chi connectivity index (χ1n) is 22.2. The molecular weight excluding hydrogens is 647 g/mol. The van der Waals surface area contributed by atoms with Crippen LogP contribution in [0.2, 0.25) is 0 Å². The molecule has 0 aliphatic heterocycles. The molecule has 0 saturated heterocycles. The molecular formula is C43H88N7O2+. The molecule has 2 amide bonds. The lowest BCUT2D eigenvalue weighted by Gasteiger charge is -2.26. The molecule has 0 bridgehead atoms. The second-order valence-electron chi connectivity index (χ2n) is 15.3. The summed E-state index contributed by atoms with van der Waals surface area (Å²) in [5.41, 5.74) is 23.2. The number of allylic oxidation sites excluding steroid dienone is 2. The smallest absolute Gasteiger partial charge is 0.338 e. The first kappa shape index (κ1) is 49.9. The quantitative estimate of drug-likeness (QED) is 0.0169. The maximum atomic E-state index is 13.4. The Morgan fingerprint density at radius 2 is 0.942 bits per heavy atom. The van der Waals surface area contributed by atoms with Crippen LogP contribution in [0.5, 0.6) is 0 Å². The van der Waals surface area contributed by atoms with E-state index in [1.54, 1.807) is 0 Å². The summed E-state index contributed by atoms with van der Waals surface area (Å²) in [4.78, 5) is 30.7. The van der Waals surface area contributed by atoms with Gasteiger partial charge in [0.2, 0.25) is 11.8 Å². The van der Waals surface area contributed by atoms with E-state index in [0.29, 0.717) is 19.4 Å². The number of rotatable bonds is 39. The lowest BCUT2D eigenvalue weighted by Crippen LogP contribution is -2.78. The van der Waals surface area contributed by atoms with Crippen LogP contribution < -0.4 is 33.2 Å². The molecule has 0 aliphatic carbocycles. The molecule has 9 nitrogen and oxygen atoms in total. The van der Waals surface area contributed by atoms with Gasteiger partial charge in [0.25, 0.3) is 0 Å². The van der Waals surface area contributed by atoms with Crippen LogP contribution in [-0.4, -0.2) is 60.9 Å². The van der Waals surface area contributed by atoms with E-state index < -0.39 is 12.1 Å². The molecule has 2 atom stereocenters. The van der Waals surface area contributed by atoms with Gasteiger partial charge < -0.3 is 21.7 Å². The van der Waals surface area contributed by atoms with E-state index in [-0.39, 0.29) is 24.3 Å². The summed E-state index contributed by atoms with van der Waals surface area (Å²) in [6.07, 6.45) is 41.9. The largest absolute Gasteiger partial charge is 0.353 e. The van der Waals surface area contributed by atoms with E-state index in [9.17, 15) is 9.59 Å². The molecule has 306 valence electrons. The fourth-order valence-corrected chi connectivity index (χ4v) is 6.73. The van der Waals surface area contributed by atoms with Gasteiger partial charge in [-0.15, -0.1) is 0 Å². The number of nitrogens with two attached hydrogens (primary N) is 4. The van der Waals surface area contributed by atoms with Crippen molar-refractivity contribution in [2.45, 2.75) is 219 Å². The van der Waals surface area contributed by atoms with Crippen LogP contribution in [0.4, 0.5) is 0 Å². The third kappa shape index (κ3) is 33.7. The summed E-state index contributed by atoms with van der Waals surface area (Å²) in [6.45, 7) is 6.65. The molecule has 0 rings (SSSR count). The number of carbonyl (C=O) groups is 2. The van der Waals surface area contributed by atoms with Crippen molar-refractivity contribution in [1.82, 2.24) is 10.2 Å². The fraction of sp³-hybridized carbons (Fsp3) is 0.884. The number of hydrogen-bond acceptors (Lipinski definition) is 4. The third-order valence-electron chi connectivity index (χ3n) is 10.2. The van der Waals surface area contributed by atoms with E-state index in [1.165, 1.54) is 154 Å². The molecule has 0 saturated carbocycles. The molecule has 0 aromatic heterocycles. The predicted molar refractivity (Wildman–Crippen MR) is 224 cm³/mol. The van der Waals surface area contributed by atoms with Crippen LogP contribution in [-0.2, 0) is 9.59 Å². The second-order valence-corrected chi connectivity index (χ2v) is 15.3. The van der Waals surface area contributed by atoms with Crippen LogP contribution >= 0.6 is 0 Å². The van der Waals surface area contributed by atoms with Crippen LogP contribution in [0.25, 0.3) is 0 Å². The van der Waals surface area contributed by atoms with Gasteiger partial charge in [0, 0.05) is 19.6 Å². The first-order chi connectivity index (χ1) is 25.3. The normalized spacial score (nSPS) is 12.6. The second kappa shape index (κ2) is 38.6. The van der Waals surface area contributed by atoms with E-state index >= 15 is 0 Å². The zero-order chi connectivity index (χ0) is 38.3. The Morgan fingerprint density at radius 3 is 1.35 bits per heavy atom. The summed E-state index contributed by atoms with van der Waals surface area (Å²) < 4.78 is 0. The van der Waals surface area contributed by atoms with Gasteiger partial charge in [0.1, 0.15) is 6.04 Å². The van der Waals surface area contributed by atoms with E-state index in [0.717, 1.165) is 38.8 Å². The summed E-state index contributed by atoms with van der Waals surface area (Å²) in [6, 6.07) is -1.44. The zero-order valence-electron chi connectivity index (χ0n) is 34.4. The van der Waals surface area contributed by atoms with Gasteiger partial charge in [-0.2, -0.15) is 0 Å². The standard InChI is InChI=1S/C43H87N7O2/c1-3-5-7-9-11-13-15-17-19-20-22-24-26-28-30-32-37-50(36-31-29-27-25-23-21-18-16-14-12-10-8-6-4-2)42(52)40(45)38-49-41(51)39(44)34-33-35-48-43(46)47/h17,19,39-40H,3-16,18,20-38,44-45H2,1-2H3,(H,49,51)(H4,46,47,48)/p+1/b19-17-. The molecule has 0 aromatic rings. The van der Waals surface area contributed by atoms with Gasteiger partial charge >= 0.3 is 5.96 Å². The highest BCUT2D eigenvalue weighted by Crippen LogP contribution is 2.14. The molecule has 52 heavy (non-hydrogen) atoms. The van der Waals surface area contributed by atoms with Gasteiger partial charge in [0.05, 0.1) is 12.6 Å². The highest BCUT2D eigenvalue weighted by molar-refractivity contribution is 5.84. The minimum atomic E-state index is -0.773. The average molecular weight is 735 g/mol. The molecule has 10 N–H and O–H groups in total. The van der Waals surface area contributed by atoms with Crippen molar-refractivity contribution in [2.75, 3.05) is 26.2 Å². The Hall–Kier alpha value is -2.13. The van der Waals surface area contributed by atoms with Crippen molar-refractivity contribution < 1.29 is 14.6 Å². The number of nitrogens with zero attached hydrogens (tertiary/aromatic N) is 1. The molecule has 0 heterocycles. The van der Waals surface area contributed by atoms with Crippen molar-refractivity contribution in [2.24, 2.45) is 22.9 Å². The van der Waals surface area contributed by atoms with Crippen LogP contribution in [0.3, 0.4) is 0 Å². The van der Waals surface area contributed by atoms with Crippen molar-refractivity contribution >= 4 is 17.8 Å². The monoisotopic (exact) mass is 735 g/mol. The average Bonchev–Trinajstić information content (AvgIpc) is 3.13. The van der Waals surface area contributed by atoms with E-state index in [4.69, 9.17) is 22.9 Å². The molecule has 0 radical (unpaired) electrons. The minimum Gasteiger partial charge on any atom is -0.353 e. The maximum absolute atomic E-state index is 13.4. The topological polar surface area (TPSA) is 167 Å². The van der Waals surface area contributed by atoms with Gasteiger partial charge in [0.15, 0.2) is 0 Å². The van der Waals surface area contributed by atoms with Crippen LogP contribution in [0.1, 0.15) is 206 Å². The SMILES string of the molecule is CCCCCCCC/C=C\CCCCCCCCN(CCCCCCCCCCCCCCCC)C(=O)C(N)CNC(=O)C(N)CCC[NH+]=C(N)N. The summed E-state index contributed by atoms with van der Waals surface area (Å²) >= 11 is 0. The number of hydrogen-bond donors (Lipinski definition) is 6. The Kier molecular flexibility index (Phi) is 37.0. The Labute approximate surface area is 321 Å². The van der Waals surface area contributed by atoms with Gasteiger partial charge in [-0.3, -0.25) is 26.0 Å². The molecule has 0 aromatic carbocycles. The number of guanidine groups is 1. The molecule has 0 fully saturated rings. The summed E-state index contributed by atoms with van der Waals surface area (Å²) in [5, 5.41) is 2.80. The first-order valence-corrected chi connectivity index (χ1v) is 22.2. The number of carbonyl (C=O) groups excluding carboxylic acids is 2. The van der Waals surface area contributed by atoms with Gasteiger partial charge in [-0.05, 0) is 51.4 Å². The lowest BCUT2D eigenvalue weighted by atomic mass is 10.0. The Bertz CT molecular complexity index is 862. The van der Waals surface area contributed by atoms with Crippen molar-refractivity contribution in [1.29, 1.82) is 0 Å². The van der Waals surface area contributed by atoms with Gasteiger partial charge in [-0.1, -0.05) is 167 Å². The minimum absolute atomic E-state index is 0.0746. The highest BCUT2D eigenvalue weighted by Gasteiger charge is 2.22. The molecule has 9 heteroatoms. The molecule has 0 spiro atoms.